The molecule has 0 saturated carbocycles. The smallest absolute Gasteiger partial charge is 0.342 e. The van der Waals surface area contributed by atoms with Crippen molar-refractivity contribution in [2.75, 3.05) is 0 Å². The average molecular weight is 298 g/mol. The van der Waals surface area contributed by atoms with Gasteiger partial charge in [-0.05, 0) is 12.1 Å². The van der Waals surface area contributed by atoms with Gasteiger partial charge in [-0.3, -0.25) is 0 Å². The lowest BCUT2D eigenvalue weighted by molar-refractivity contribution is 0.422. The Balaban J connectivity index is 1.77. The Morgan fingerprint density at radius 2 is 1.90 bits per heavy atom. The minimum atomic E-state index is 0.177. The molecule has 8 heteroatoms. The highest BCUT2D eigenvalue weighted by Gasteiger charge is 2.07. The van der Waals surface area contributed by atoms with E-state index in [2.05, 4.69) is 20.1 Å². The van der Waals surface area contributed by atoms with E-state index in [1.54, 1.807) is 11.0 Å². The van der Waals surface area contributed by atoms with Crippen molar-refractivity contribution in [3.8, 4) is 17.6 Å². The first-order valence-electron chi connectivity index (χ1n) is 5.99. The van der Waals surface area contributed by atoms with Gasteiger partial charge in [-0.15, -0.1) is 5.10 Å². The van der Waals surface area contributed by atoms with Gasteiger partial charge in [-0.1, -0.05) is 30.4 Å². The van der Waals surface area contributed by atoms with E-state index in [0.29, 0.717) is 5.69 Å². The van der Waals surface area contributed by atoms with Crippen molar-refractivity contribution in [3.63, 3.8) is 0 Å². The molecule has 0 radical (unpaired) electrons. The van der Waals surface area contributed by atoms with E-state index in [4.69, 9.17) is 22.7 Å². The summed E-state index contributed by atoms with van der Waals surface area (Å²) in [7, 11) is 0. The second kappa shape index (κ2) is 5.63. The summed E-state index contributed by atoms with van der Waals surface area (Å²) in [6, 6.07) is 9.76. The summed E-state index contributed by atoms with van der Waals surface area (Å²) < 4.78 is 7.02. The van der Waals surface area contributed by atoms with Crippen molar-refractivity contribution in [3.05, 3.63) is 54.7 Å². The second-order valence-corrected chi connectivity index (χ2v) is 4.45. The number of para-hydroxylation sites is 1. The molecule has 0 amide bonds. The molecule has 0 saturated heterocycles. The summed E-state index contributed by atoms with van der Waals surface area (Å²) in [6.07, 6.45) is 4.41. The van der Waals surface area contributed by atoms with Gasteiger partial charge in [0.1, 0.15) is 17.0 Å². The van der Waals surface area contributed by atoms with Crippen LogP contribution in [-0.4, -0.2) is 29.7 Å². The monoisotopic (exact) mass is 298 g/mol. The minimum absolute atomic E-state index is 0.177. The molecule has 21 heavy (non-hydrogen) atoms. The lowest BCUT2D eigenvalue weighted by Crippen LogP contribution is -2.11. The predicted molar refractivity (Wildman–Crippen MR) is 79.4 cm³/mol. The SMILES string of the molecule is NC(=S)c1cnc(Oc2ncn(-c3ccccc3)n2)cn1. The first kappa shape index (κ1) is 13.1. The molecule has 0 aliphatic rings. The molecular weight excluding hydrogens is 288 g/mol. The van der Waals surface area contributed by atoms with E-state index in [1.165, 1.54) is 12.4 Å². The average Bonchev–Trinajstić information content (AvgIpc) is 2.97. The van der Waals surface area contributed by atoms with Gasteiger partial charge in [-0.2, -0.15) is 4.98 Å². The zero-order chi connectivity index (χ0) is 14.7. The van der Waals surface area contributed by atoms with Crippen LogP contribution in [0.5, 0.6) is 11.9 Å². The van der Waals surface area contributed by atoms with Gasteiger partial charge >= 0.3 is 6.01 Å². The number of aromatic nitrogens is 5. The second-order valence-electron chi connectivity index (χ2n) is 4.01. The third-order valence-electron chi connectivity index (χ3n) is 2.57. The molecule has 0 unspecified atom stereocenters. The number of ether oxygens (including phenoxy) is 1. The van der Waals surface area contributed by atoms with Gasteiger partial charge < -0.3 is 10.5 Å². The first-order chi connectivity index (χ1) is 10.2. The molecule has 0 aliphatic carbocycles. The van der Waals surface area contributed by atoms with Gasteiger partial charge in [0.2, 0.25) is 5.88 Å². The number of nitrogens with zero attached hydrogens (tertiary/aromatic N) is 5. The van der Waals surface area contributed by atoms with Crippen molar-refractivity contribution in [1.82, 2.24) is 24.7 Å². The molecular formula is C13H10N6OS. The van der Waals surface area contributed by atoms with Gasteiger partial charge in [0.15, 0.2) is 0 Å². The summed E-state index contributed by atoms with van der Waals surface area (Å²) in [5, 5.41) is 4.20. The Hall–Kier alpha value is -2.87. The summed E-state index contributed by atoms with van der Waals surface area (Å²) in [6.45, 7) is 0. The third-order valence-corrected chi connectivity index (χ3v) is 2.78. The van der Waals surface area contributed by atoms with Crippen LogP contribution in [0, 0.1) is 0 Å². The van der Waals surface area contributed by atoms with E-state index in [1.807, 2.05) is 30.3 Å². The molecule has 0 atom stereocenters. The Labute approximate surface area is 125 Å². The molecule has 3 aromatic rings. The summed E-state index contributed by atoms with van der Waals surface area (Å²) in [5.74, 6) is 0.265. The Kier molecular flexibility index (Phi) is 3.52. The van der Waals surface area contributed by atoms with Gasteiger partial charge in [-0.25, -0.2) is 14.6 Å². The third kappa shape index (κ3) is 3.00. The molecule has 0 spiro atoms. The molecule has 7 nitrogen and oxygen atoms in total. The molecule has 0 fully saturated rings. The van der Waals surface area contributed by atoms with Crippen LogP contribution >= 0.6 is 12.2 Å². The van der Waals surface area contributed by atoms with E-state index >= 15 is 0 Å². The molecule has 1 aromatic carbocycles. The number of thiocarbonyl (C=S) groups is 1. The summed E-state index contributed by atoms with van der Waals surface area (Å²) >= 11 is 4.80. The lowest BCUT2D eigenvalue weighted by Gasteiger charge is -2.01. The Bertz CT molecular complexity index is 756. The number of hydrogen-bond acceptors (Lipinski definition) is 6. The van der Waals surface area contributed by atoms with Crippen LogP contribution in [0.25, 0.3) is 5.69 Å². The molecule has 2 N–H and O–H groups in total. The van der Waals surface area contributed by atoms with E-state index in [-0.39, 0.29) is 16.9 Å². The fourth-order valence-electron chi connectivity index (χ4n) is 1.59. The van der Waals surface area contributed by atoms with Gasteiger partial charge in [0, 0.05) is 0 Å². The van der Waals surface area contributed by atoms with Crippen molar-refractivity contribution in [1.29, 1.82) is 0 Å². The Morgan fingerprint density at radius 1 is 1.10 bits per heavy atom. The molecule has 0 aliphatic heterocycles. The van der Waals surface area contributed by atoms with Crippen LogP contribution in [0.3, 0.4) is 0 Å². The molecule has 0 bridgehead atoms. The molecule has 104 valence electrons. The normalized spacial score (nSPS) is 10.3. The van der Waals surface area contributed by atoms with Gasteiger partial charge in [0.25, 0.3) is 0 Å². The number of rotatable bonds is 4. The zero-order valence-electron chi connectivity index (χ0n) is 10.7. The van der Waals surface area contributed by atoms with Crippen LogP contribution < -0.4 is 10.5 Å². The largest absolute Gasteiger partial charge is 0.402 e. The molecule has 2 aromatic heterocycles. The van der Waals surface area contributed by atoms with Crippen LogP contribution in [0.2, 0.25) is 0 Å². The van der Waals surface area contributed by atoms with Crippen LogP contribution in [0.4, 0.5) is 0 Å². The van der Waals surface area contributed by atoms with Crippen molar-refractivity contribution < 1.29 is 4.74 Å². The quantitative estimate of drug-likeness (QED) is 0.729. The van der Waals surface area contributed by atoms with E-state index in [9.17, 15) is 0 Å². The van der Waals surface area contributed by atoms with Crippen molar-refractivity contribution >= 4 is 17.2 Å². The topological polar surface area (TPSA) is 91.7 Å². The minimum Gasteiger partial charge on any atom is -0.402 e. The van der Waals surface area contributed by atoms with Crippen molar-refractivity contribution in [2.45, 2.75) is 0 Å². The first-order valence-corrected chi connectivity index (χ1v) is 6.40. The predicted octanol–water partition coefficient (Wildman–Crippen LogP) is 1.48. The fourth-order valence-corrected chi connectivity index (χ4v) is 1.69. The maximum absolute atomic E-state index is 5.44. The number of benzene rings is 1. The standard InChI is InChI=1S/C13H10N6OS/c14-12(21)10-6-16-11(7-15-10)20-13-17-8-19(18-13)9-4-2-1-3-5-9/h1-8H,(H2,14,21). The molecule has 3 rings (SSSR count). The van der Waals surface area contributed by atoms with E-state index < -0.39 is 0 Å². The number of nitrogens with two attached hydrogens (primary N) is 1. The lowest BCUT2D eigenvalue weighted by atomic mass is 10.3. The van der Waals surface area contributed by atoms with E-state index in [0.717, 1.165) is 5.69 Å². The van der Waals surface area contributed by atoms with Crippen LogP contribution in [0.1, 0.15) is 5.69 Å². The maximum Gasteiger partial charge on any atom is 0.342 e. The summed E-state index contributed by atoms with van der Waals surface area (Å²) in [5.41, 5.74) is 6.76. The Morgan fingerprint density at radius 3 is 2.57 bits per heavy atom. The fraction of sp³-hybridized carbons (Fsp3) is 0. The highest BCUT2D eigenvalue weighted by atomic mass is 32.1. The zero-order valence-corrected chi connectivity index (χ0v) is 11.6. The summed E-state index contributed by atoms with van der Waals surface area (Å²) in [4.78, 5) is 12.3. The van der Waals surface area contributed by atoms with Crippen LogP contribution in [-0.2, 0) is 0 Å². The molecule has 2 heterocycles. The van der Waals surface area contributed by atoms with Crippen molar-refractivity contribution in [2.24, 2.45) is 5.73 Å². The van der Waals surface area contributed by atoms with Gasteiger partial charge in [0.05, 0.1) is 18.1 Å². The number of hydrogen-bond donors (Lipinski definition) is 1. The highest BCUT2D eigenvalue weighted by molar-refractivity contribution is 7.80. The maximum atomic E-state index is 5.44. The van der Waals surface area contributed by atoms with Crippen LogP contribution in [0.15, 0.2) is 49.1 Å². The highest BCUT2D eigenvalue weighted by Crippen LogP contribution is 2.14.